The molecule has 0 fully saturated rings. The lowest BCUT2D eigenvalue weighted by Crippen LogP contribution is -2.29. The Kier molecular flexibility index (Phi) is 6.95. The number of hydrogen-bond donors (Lipinski definition) is 3. The van der Waals surface area contributed by atoms with Gasteiger partial charge in [-0.2, -0.15) is 5.26 Å². The second kappa shape index (κ2) is 10.4. The average Bonchev–Trinajstić information content (AvgIpc) is 3.27. The van der Waals surface area contributed by atoms with Crippen LogP contribution in [0.4, 0.5) is 0 Å². The summed E-state index contributed by atoms with van der Waals surface area (Å²) in [6, 6.07) is 14.6. The van der Waals surface area contributed by atoms with Crippen molar-refractivity contribution in [3.8, 4) is 22.9 Å². The van der Waals surface area contributed by atoms with Gasteiger partial charge in [0, 0.05) is 35.8 Å². The quantitative estimate of drug-likeness (QED) is 0.265. The van der Waals surface area contributed by atoms with Crippen LogP contribution in [0.3, 0.4) is 0 Å². The summed E-state index contributed by atoms with van der Waals surface area (Å²) in [7, 11) is 0. The number of amides is 1. The van der Waals surface area contributed by atoms with Gasteiger partial charge in [-0.25, -0.2) is 0 Å². The third-order valence-corrected chi connectivity index (χ3v) is 5.85. The number of aromatic hydroxyl groups is 1. The number of H-pyrrole nitrogens is 1. The Morgan fingerprint density at radius 1 is 1.29 bits per heavy atom. The minimum atomic E-state index is -0.616. The number of aromatic amines is 1. The Morgan fingerprint density at radius 2 is 2.12 bits per heavy atom. The van der Waals surface area contributed by atoms with E-state index in [1.165, 1.54) is 17.6 Å². The summed E-state index contributed by atoms with van der Waals surface area (Å²) in [6.45, 7) is 0.261. The summed E-state index contributed by atoms with van der Waals surface area (Å²) in [5.74, 6) is -0.600. The van der Waals surface area contributed by atoms with E-state index in [0.717, 1.165) is 16.8 Å². The first kappa shape index (κ1) is 22.7. The lowest BCUT2D eigenvalue weighted by molar-refractivity contribution is -0.125. The highest BCUT2D eigenvalue weighted by molar-refractivity contribution is 7.17. The van der Waals surface area contributed by atoms with Gasteiger partial charge in [0.25, 0.3) is 11.5 Å². The number of carbonyl (C=O) groups excluding carboxylic acids is 1. The van der Waals surface area contributed by atoms with Gasteiger partial charge in [-0.05, 0) is 23.3 Å². The maximum absolute atomic E-state index is 11.9. The molecule has 0 aliphatic carbocycles. The number of nitrogens with zero attached hydrogens (tertiary/aromatic N) is 3. The maximum Gasteiger partial charge on any atom is 0.270 e. The standard InChI is InChI=1S/C24H19N5O4S/c25-11-18-22(31)21-19(14-34-24(21)29-23(18)32)16-6-4-15(5-7-16)12-28-33-13-20(30)27-10-8-17-3-1-2-9-26-17/h1-7,9,12,14H,8,10,13H2,(H,27,30)(H2,29,31,32). The molecule has 3 heterocycles. The summed E-state index contributed by atoms with van der Waals surface area (Å²) < 4.78 is 0. The molecule has 0 aliphatic heterocycles. The summed E-state index contributed by atoms with van der Waals surface area (Å²) in [4.78, 5) is 36.1. The zero-order chi connectivity index (χ0) is 23.9. The fourth-order valence-electron chi connectivity index (χ4n) is 3.27. The molecule has 4 rings (SSSR count). The molecule has 0 unspecified atom stereocenters. The predicted molar refractivity (Wildman–Crippen MR) is 129 cm³/mol. The van der Waals surface area contributed by atoms with Crippen molar-refractivity contribution >= 4 is 33.7 Å². The summed E-state index contributed by atoms with van der Waals surface area (Å²) in [6.07, 6.45) is 3.83. The number of aromatic nitrogens is 2. The van der Waals surface area contributed by atoms with Gasteiger partial charge in [0.2, 0.25) is 0 Å². The second-order valence-electron chi connectivity index (χ2n) is 7.19. The number of pyridine rings is 2. The number of thiophene rings is 1. The van der Waals surface area contributed by atoms with Crippen LogP contribution < -0.4 is 10.9 Å². The highest BCUT2D eigenvalue weighted by Crippen LogP contribution is 2.38. The highest BCUT2D eigenvalue weighted by atomic mass is 32.1. The molecule has 3 aromatic heterocycles. The largest absolute Gasteiger partial charge is 0.506 e. The van der Waals surface area contributed by atoms with Crippen LogP contribution in [0.25, 0.3) is 21.3 Å². The Labute approximate surface area is 198 Å². The van der Waals surface area contributed by atoms with Crippen molar-refractivity contribution in [1.82, 2.24) is 15.3 Å². The molecule has 0 aliphatic rings. The van der Waals surface area contributed by atoms with E-state index in [2.05, 4.69) is 20.4 Å². The van der Waals surface area contributed by atoms with Gasteiger partial charge in [0.05, 0.1) is 11.6 Å². The van der Waals surface area contributed by atoms with E-state index in [4.69, 9.17) is 10.1 Å². The Hall–Kier alpha value is -4.49. The van der Waals surface area contributed by atoms with E-state index >= 15 is 0 Å². The van der Waals surface area contributed by atoms with E-state index in [-0.39, 0.29) is 23.8 Å². The molecule has 3 N–H and O–H groups in total. The van der Waals surface area contributed by atoms with Gasteiger partial charge in [0.1, 0.15) is 16.6 Å². The molecule has 0 saturated carbocycles. The maximum atomic E-state index is 11.9. The first-order valence-corrected chi connectivity index (χ1v) is 11.1. The van der Waals surface area contributed by atoms with Crippen molar-refractivity contribution in [3.63, 3.8) is 0 Å². The van der Waals surface area contributed by atoms with Crippen molar-refractivity contribution in [1.29, 1.82) is 5.26 Å². The number of fused-ring (bicyclic) bond motifs is 1. The van der Waals surface area contributed by atoms with Crippen molar-refractivity contribution in [2.75, 3.05) is 13.2 Å². The molecule has 1 amide bonds. The number of benzene rings is 1. The minimum Gasteiger partial charge on any atom is -0.506 e. The van der Waals surface area contributed by atoms with E-state index in [1.807, 2.05) is 30.3 Å². The lowest BCUT2D eigenvalue weighted by atomic mass is 10.0. The van der Waals surface area contributed by atoms with Gasteiger partial charge in [-0.15, -0.1) is 11.3 Å². The number of nitrogens with one attached hydrogen (secondary N) is 2. The molecule has 170 valence electrons. The fraction of sp³-hybridized carbons (Fsp3) is 0.125. The summed E-state index contributed by atoms with van der Waals surface area (Å²) in [5, 5.41) is 28.4. The lowest BCUT2D eigenvalue weighted by Gasteiger charge is -2.04. The van der Waals surface area contributed by atoms with E-state index in [1.54, 1.807) is 29.8 Å². The first-order chi connectivity index (χ1) is 16.6. The van der Waals surface area contributed by atoms with Gasteiger partial charge in [-0.1, -0.05) is 35.5 Å². The summed E-state index contributed by atoms with van der Waals surface area (Å²) in [5.41, 5.74) is 2.21. The molecule has 0 radical (unpaired) electrons. The van der Waals surface area contributed by atoms with Crippen LogP contribution in [0.2, 0.25) is 0 Å². The third kappa shape index (κ3) is 5.11. The van der Waals surface area contributed by atoms with Gasteiger partial charge < -0.3 is 20.2 Å². The molecule has 4 aromatic rings. The molecule has 34 heavy (non-hydrogen) atoms. The molecule has 1 aromatic carbocycles. The zero-order valence-electron chi connectivity index (χ0n) is 17.8. The molecular formula is C24H19N5O4S. The van der Waals surface area contributed by atoms with E-state index in [0.29, 0.717) is 28.7 Å². The van der Waals surface area contributed by atoms with Crippen LogP contribution in [0.15, 0.2) is 64.0 Å². The van der Waals surface area contributed by atoms with Crippen molar-refractivity contribution in [2.24, 2.45) is 5.16 Å². The summed E-state index contributed by atoms with van der Waals surface area (Å²) >= 11 is 1.27. The van der Waals surface area contributed by atoms with Gasteiger partial charge in [0.15, 0.2) is 12.2 Å². The number of oxime groups is 1. The fourth-order valence-corrected chi connectivity index (χ4v) is 4.23. The normalized spacial score (nSPS) is 10.9. The van der Waals surface area contributed by atoms with Crippen molar-refractivity contribution in [3.05, 3.63) is 81.2 Å². The zero-order valence-corrected chi connectivity index (χ0v) is 18.6. The van der Waals surface area contributed by atoms with E-state index < -0.39 is 5.56 Å². The number of carbonyl (C=O) groups is 1. The topological polar surface area (TPSA) is 140 Å². The minimum absolute atomic E-state index is 0.198. The molecule has 0 bridgehead atoms. The predicted octanol–water partition coefficient (Wildman–Crippen LogP) is 2.94. The van der Waals surface area contributed by atoms with Gasteiger partial charge in [-0.3, -0.25) is 14.6 Å². The Bertz CT molecular complexity index is 1440. The van der Waals surface area contributed by atoms with Crippen LogP contribution in [0.5, 0.6) is 5.75 Å². The Morgan fingerprint density at radius 3 is 2.85 bits per heavy atom. The smallest absolute Gasteiger partial charge is 0.270 e. The number of rotatable bonds is 8. The first-order valence-electron chi connectivity index (χ1n) is 10.3. The van der Waals surface area contributed by atoms with Crippen LogP contribution in [0.1, 0.15) is 16.8 Å². The molecule has 0 atom stereocenters. The average molecular weight is 474 g/mol. The van der Waals surface area contributed by atoms with Crippen LogP contribution in [0, 0.1) is 11.3 Å². The van der Waals surface area contributed by atoms with Crippen molar-refractivity contribution < 1.29 is 14.7 Å². The Balaban J connectivity index is 1.33. The molecule has 0 spiro atoms. The van der Waals surface area contributed by atoms with E-state index in [9.17, 15) is 14.7 Å². The number of nitriles is 1. The van der Waals surface area contributed by atoms with Crippen molar-refractivity contribution in [2.45, 2.75) is 6.42 Å². The second-order valence-corrected chi connectivity index (χ2v) is 8.07. The molecule has 10 heteroatoms. The monoisotopic (exact) mass is 473 g/mol. The molecule has 9 nitrogen and oxygen atoms in total. The van der Waals surface area contributed by atoms with Crippen LogP contribution in [-0.2, 0) is 16.1 Å². The van der Waals surface area contributed by atoms with Gasteiger partial charge >= 0.3 is 0 Å². The van der Waals surface area contributed by atoms with Crippen LogP contribution >= 0.6 is 11.3 Å². The molecule has 0 saturated heterocycles. The third-order valence-electron chi connectivity index (χ3n) is 4.95. The molecular weight excluding hydrogens is 454 g/mol. The highest BCUT2D eigenvalue weighted by Gasteiger charge is 2.17. The number of hydrogen-bond acceptors (Lipinski definition) is 8. The SMILES string of the molecule is N#Cc1c(O)c2c(-c3ccc(C=NOCC(=O)NCCc4ccccn4)cc3)csc2[nH]c1=O. The van der Waals surface area contributed by atoms with Crippen LogP contribution in [-0.4, -0.2) is 40.3 Å².